The van der Waals surface area contributed by atoms with Crippen molar-refractivity contribution < 1.29 is 0 Å². The lowest BCUT2D eigenvalue weighted by molar-refractivity contribution is 1.07. The molecular formula is C8H6ClN3S2. The summed E-state index contributed by atoms with van der Waals surface area (Å²) in [5, 5.41) is 3.22. The number of thiophene rings is 1. The molecule has 0 atom stereocenters. The van der Waals surface area contributed by atoms with Crippen molar-refractivity contribution in [3.8, 4) is 0 Å². The third-order valence-corrected chi connectivity index (χ3v) is 3.85. The van der Waals surface area contributed by atoms with Crippen molar-refractivity contribution in [3.63, 3.8) is 0 Å². The van der Waals surface area contributed by atoms with Gasteiger partial charge >= 0.3 is 0 Å². The smallest absolute Gasteiger partial charge is 0.221 e. The van der Waals surface area contributed by atoms with Gasteiger partial charge in [0.2, 0.25) is 5.95 Å². The molecule has 0 aliphatic heterocycles. The number of nitrogens with zero attached hydrogens (tertiary/aromatic N) is 2. The van der Waals surface area contributed by atoms with Gasteiger partial charge in [0.1, 0.15) is 5.03 Å². The van der Waals surface area contributed by atoms with Gasteiger partial charge in [-0.15, -0.1) is 11.3 Å². The lowest BCUT2D eigenvalue weighted by Crippen LogP contribution is -1.95. The first kappa shape index (κ1) is 9.76. The van der Waals surface area contributed by atoms with Crippen LogP contribution in [-0.2, 0) is 0 Å². The summed E-state index contributed by atoms with van der Waals surface area (Å²) in [5.41, 5.74) is 5.47. The zero-order chi connectivity index (χ0) is 9.97. The largest absolute Gasteiger partial charge is 0.368 e. The van der Waals surface area contributed by atoms with Crippen molar-refractivity contribution in [1.29, 1.82) is 0 Å². The molecule has 0 aliphatic carbocycles. The highest BCUT2D eigenvalue weighted by Gasteiger charge is 2.06. The lowest BCUT2D eigenvalue weighted by atomic mass is 10.7. The summed E-state index contributed by atoms with van der Waals surface area (Å²) in [6, 6.07) is 3.98. The van der Waals surface area contributed by atoms with Gasteiger partial charge in [0.05, 0.1) is 15.4 Å². The number of nitrogen functional groups attached to an aromatic ring is 1. The minimum Gasteiger partial charge on any atom is -0.368 e. The van der Waals surface area contributed by atoms with Gasteiger partial charge in [0, 0.05) is 0 Å². The van der Waals surface area contributed by atoms with E-state index >= 15 is 0 Å². The van der Waals surface area contributed by atoms with E-state index in [0.717, 1.165) is 4.21 Å². The van der Waals surface area contributed by atoms with E-state index in [9.17, 15) is 0 Å². The minimum absolute atomic E-state index is 0.244. The molecule has 2 heterocycles. The molecule has 2 aromatic heterocycles. The Hall–Kier alpha value is -0.780. The average molecular weight is 244 g/mol. The first-order chi connectivity index (χ1) is 6.75. The molecule has 0 unspecified atom stereocenters. The lowest BCUT2D eigenvalue weighted by Gasteiger charge is -2.00. The second kappa shape index (κ2) is 4.16. The maximum Gasteiger partial charge on any atom is 0.221 e. The van der Waals surface area contributed by atoms with E-state index < -0.39 is 0 Å². The molecule has 0 amide bonds. The van der Waals surface area contributed by atoms with Crippen LogP contribution in [0.1, 0.15) is 0 Å². The van der Waals surface area contributed by atoms with Crippen LogP contribution in [0, 0.1) is 0 Å². The molecule has 0 saturated carbocycles. The first-order valence-electron chi connectivity index (χ1n) is 3.75. The third kappa shape index (κ3) is 2.17. The van der Waals surface area contributed by atoms with Crippen LogP contribution in [0.3, 0.4) is 0 Å². The summed E-state index contributed by atoms with van der Waals surface area (Å²) in [4.78, 5) is 7.85. The Morgan fingerprint density at radius 1 is 1.50 bits per heavy atom. The number of halogens is 1. The zero-order valence-corrected chi connectivity index (χ0v) is 9.36. The summed E-state index contributed by atoms with van der Waals surface area (Å²) < 4.78 is 1.13. The Morgan fingerprint density at radius 2 is 2.36 bits per heavy atom. The van der Waals surface area contributed by atoms with E-state index in [2.05, 4.69) is 9.97 Å². The van der Waals surface area contributed by atoms with Crippen LogP contribution in [0.15, 0.2) is 32.9 Å². The highest BCUT2D eigenvalue weighted by atomic mass is 35.5. The predicted octanol–water partition coefficient (Wildman–Crippen LogP) is 2.92. The number of hydrogen-bond acceptors (Lipinski definition) is 5. The molecule has 0 spiro atoms. The summed E-state index contributed by atoms with van der Waals surface area (Å²) in [6.45, 7) is 0. The molecule has 3 nitrogen and oxygen atoms in total. The number of rotatable bonds is 2. The van der Waals surface area contributed by atoms with Crippen molar-refractivity contribution in [1.82, 2.24) is 9.97 Å². The minimum atomic E-state index is 0.244. The third-order valence-electron chi connectivity index (χ3n) is 1.42. The zero-order valence-electron chi connectivity index (χ0n) is 6.98. The standard InChI is InChI=1S/C8H6ClN3S2/c9-5-4-11-8(10)12-7(5)14-6-2-1-3-13-6/h1-4H,(H2,10,11,12). The van der Waals surface area contributed by atoms with Gasteiger partial charge in [0.15, 0.2) is 0 Å². The second-order valence-electron chi connectivity index (χ2n) is 2.42. The number of hydrogen-bond donors (Lipinski definition) is 1. The van der Waals surface area contributed by atoms with Gasteiger partial charge in [-0.3, -0.25) is 0 Å². The summed E-state index contributed by atoms with van der Waals surface area (Å²) >= 11 is 9.04. The monoisotopic (exact) mass is 243 g/mol. The molecule has 14 heavy (non-hydrogen) atoms. The van der Waals surface area contributed by atoms with Crippen molar-refractivity contribution in [2.45, 2.75) is 9.24 Å². The molecule has 72 valence electrons. The van der Waals surface area contributed by atoms with Gasteiger partial charge in [0.25, 0.3) is 0 Å². The maximum atomic E-state index is 5.92. The number of nitrogens with two attached hydrogens (primary N) is 1. The highest BCUT2D eigenvalue weighted by Crippen LogP contribution is 2.33. The van der Waals surface area contributed by atoms with E-state index in [1.165, 1.54) is 18.0 Å². The van der Waals surface area contributed by atoms with Crippen LogP contribution >= 0.6 is 34.7 Å². The topological polar surface area (TPSA) is 51.8 Å². The van der Waals surface area contributed by atoms with E-state index in [4.69, 9.17) is 17.3 Å². The van der Waals surface area contributed by atoms with Crippen molar-refractivity contribution in [2.75, 3.05) is 5.73 Å². The van der Waals surface area contributed by atoms with Crippen molar-refractivity contribution in [3.05, 3.63) is 28.7 Å². The van der Waals surface area contributed by atoms with Crippen LogP contribution in [0.25, 0.3) is 0 Å². The van der Waals surface area contributed by atoms with E-state index in [-0.39, 0.29) is 5.95 Å². The molecule has 0 saturated heterocycles. The quantitative estimate of drug-likeness (QED) is 0.824. The van der Waals surface area contributed by atoms with Gasteiger partial charge in [-0.25, -0.2) is 9.97 Å². The second-order valence-corrected chi connectivity index (χ2v) is 5.06. The van der Waals surface area contributed by atoms with Crippen LogP contribution in [0.4, 0.5) is 5.95 Å². The van der Waals surface area contributed by atoms with Crippen LogP contribution in [0.2, 0.25) is 5.02 Å². The SMILES string of the molecule is Nc1ncc(Cl)c(Sc2cccs2)n1. The molecule has 0 fully saturated rings. The van der Waals surface area contributed by atoms with Gasteiger partial charge in [-0.1, -0.05) is 29.4 Å². The van der Waals surface area contributed by atoms with Gasteiger partial charge < -0.3 is 5.73 Å². The fourth-order valence-corrected chi connectivity index (χ4v) is 2.73. The maximum absolute atomic E-state index is 5.92. The van der Waals surface area contributed by atoms with E-state index in [1.54, 1.807) is 11.3 Å². The summed E-state index contributed by atoms with van der Waals surface area (Å²) in [6.07, 6.45) is 1.51. The summed E-state index contributed by atoms with van der Waals surface area (Å²) in [5.74, 6) is 0.244. The van der Waals surface area contributed by atoms with Crippen LogP contribution in [0.5, 0.6) is 0 Å². The molecule has 0 bridgehead atoms. The Morgan fingerprint density at radius 3 is 3.07 bits per heavy atom. The van der Waals surface area contributed by atoms with E-state index in [1.807, 2.05) is 17.5 Å². The van der Waals surface area contributed by atoms with Crippen LogP contribution in [-0.4, -0.2) is 9.97 Å². The molecule has 6 heteroatoms. The fraction of sp³-hybridized carbons (Fsp3) is 0. The summed E-state index contributed by atoms with van der Waals surface area (Å²) in [7, 11) is 0. The first-order valence-corrected chi connectivity index (χ1v) is 5.82. The van der Waals surface area contributed by atoms with Crippen molar-refractivity contribution in [2.24, 2.45) is 0 Å². The van der Waals surface area contributed by atoms with Gasteiger partial charge in [-0.2, -0.15) is 0 Å². The van der Waals surface area contributed by atoms with E-state index in [0.29, 0.717) is 10.0 Å². The van der Waals surface area contributed by atoms with Crippen molar-refractivity contribution >= 4 is 40.6 Å². The Bertz CT molecular complexity index is 430. The number of aromatic nitrogens is 2. The molecule has 0 aliphatic rings. The Balaban J connectivity index is 2.28. The normalized spacial score (nSPS) is 10.4. The van der Waals surface area contributed by atoms with Crippen LogP contribution < -0.4 is 5.73 Å². The molecule has 0 radical (unpaired) electrons. The Labute approximate surface area is 94.3 Å². The fourth-order valence-electron chi connectivity index (χ4n) is 0.853. The highest BCUT2D eigenvalue weighted by molar-refractivity contribution is 8.01. The molecule has 2 rings (SSSR count). The molecule has 2 aromatic rings. The van der Waals surface area contributed by atoms with Gasteiger partial charge in [-0.05, 0) is 11.4 Å². The average Bonchev–Trinajstić information content (AvgIpc) is 2.64. The molecule has 2 N–H and O–H groups in total. The Kier molecular flexibility index (Phi) is 2.90. The predicted molar refractivity (Wildman–Crippen MR) is 59.9 cm³/mol. The molecular weight excluding hydrogens is 238 g/mol. The number of anilines is 1. The molecule has 0 aromatic carbocycles.